The van der Waals surface area contributed by atoms with Crippen LogP contribution in [0.5, 0.6) is 0 Å². The van der Waals surface area contributed by atoms with Gasteiger partial charge in [-0.25, -0.2) is 8.42 Å². The zero-order valence-electron chi connectivity index (χ0n) is 9.74. The van der Waals surface area contributed by atoms with Crippen LogP contribution in [0.2, 0.25) is 0 Å². The number of nitrogens with two attached hydrogens (primary N) is 1. The molecule has 2 N–H and O–H groups in total. The Kier molecular flexibility index (Phi) is 8.00. The van der Waals surface area contributed by atoms with E-state index >= 15 is 0 Å². The molecule has 0 bridgehead atoms. The lowest BCUT2D eigenvalue weighted by Crippen LogP contribution is -2.32. The highest BCUT2D eigenvalue weighted by Crippen LogP contribution is 2.03. The van der Waals surface area contributed by atoms with Crippen molar-refractivity contribution in [1.82, 2.24) is 0 Å². The Bertz CT molecular complexity index is 239. The molecule has 5 heteroatoms. The maximum atomic E-state index is 11.6. The minimum absolute atomic E-state index is 0.0566. The fraction of sp³-hybridized carbons (Fsp3) is 1.00. The molecule has 1 atom stereocenters. The molecule has 1 unspecified atom stereocenters. The van der Waals surface area contributed by atoms with Crippen molar-refractivity contribution in [3.8, 4) is 0 Å². The average Bonchev–Trinajstić information content (AvgIpc) is 2.17. The third-order valence-corrected chi connectivity index (χ3v) is 3.95. The Morgan fingerprint density at radius 1 is 1.27 bits per heavy atom. The molecular formula is C10H23NO3S. The van der Waals surface area contributed by atoms with Crippen molar-refractivity contribution in [1.29, 1.82) is 0 Å². The molecule has 0 fully saturated rings. The van der Waals surface area contributed by atoms with E-state index < -0.39 is 9.84 Å². The molecule has 92 valence electrons. The van der Waals surface area contributed by atoms with Crippen LogP contribution >= 0.6 is 0 Å². The van der Waals surface area contributed by atoms with E-state index in [1.165, 1.54) is 0 Å². The van der Waals surface area contributed by atoms with Gasteiger partial charge < -0.3 is 10.5 Å². The molecular weight excluding hydrogens is 214 g/mol. The van der Waals surface area contributed by atoms with Crippen molar-refractivity contribution in [2.45, 2.75) is 39.2 Å². The number of ether oxygens (including phenoxy) is 1. The molecule has 0 aliphatic heterocycles. The van der Waals surface area contributed by atoms with Crippen molar-refractivity contribution in [3.05, 3.63) is 0 Å². The minimum atomic E-state index is -2.99. The van der Waals surface area contributed by atoms with E-state index in [0.717, 1.165) is 19.3 Å². The van der Waals surface area contributed by atoms with Crippen LogP contribution in [0.1, 0.15) is 33.1 Å². The van der Waals surface area contributed by atoms with Gasteiger partial charge in [0, 0.05) is 13.2 Å². The molecule has 0 saturated carbocycles. The predicted molar refractivity (Wildman–Crippen MR) is 62.6 cm³/mol. The molecule has 4 nitrogen and oxygen atoms in total. The maximum absolute atomic E-state index is 11.6. The van der Waals surface area contributed by atoms with Crippen LogP contribution in [0, 0.1) is 0 Å². The van der Waals surface area contributed by atoms with Crippen LogP contribution in [-0.4, -0.2) is 39.2 Å². The molecule has 0 saturated heterocycles. The zero-order chi connectivity index (χ0) is 11.7. The Hall–Kier alpha value is -0.130. The molecule has 0 heterocycles. The topological polar surface area (TPSA) is 69.4 Å². The minimum Gasteiger partial charge on any atom is -0.376 e. The second-order valence-corrected chi connectivity index (χ2v) is 5.86. The van der Waals surface area contributed by atoms with E-state index in [0.29, 0.717) is 6.61 Å². The molecule has 0 aromatic carbocycles. The summed E-state index contributed by atoms with van der Waals surface area (Å²) >= 11 is 0. The lowest BCUT2D eigenvalue weighted by atomic mass is 10.3. The largest absolute Gasteiger partial charge is 0.376 e. The summed E-state index contributed by atoms with van der Waals surface area (Å²) in [6.45, 7) is 4.66. The average molecular weight is 237 g/mol. The number of unbranched alkanes of at least 4 members (excludes halogenated alkanes) is 2. The zero-order valence-corrected chi connectivity index (χ0v) is 10.6. The number of hydrogen-bond acceptors (Lipinski definition) is 4. The van der Waals surface area contributed by atoms with Gasteiger partial charge in [-0.1, -0.05) is 19.8 Å². The van der Waals surface area contributed by atoms with Crippen LogP contribution in [0.15, 0.2) is 0 Å². The number of rotatable bonds is 9. The molecule has 0 radical (unpaired) electrons. The smallest absolute Gasteiger partial charge is 0.152 e. The number of sulfone groups is 1. The van der Waals surface area contributed by atoms with Crippen molar-refractivity contribution in [2.75, 3.05) is 24.7 Å². The van der Waals surface area contributed by atoms with Gasteiger partial charge in [-0.15, -0.1) is 0 Å². The SMILES string of the molecule is CCCCCS(=O)(=O)CC(CN)OCC. The summed E-state index contributed by atoms with van der Waals surface area (Å²) in [6.07, 6.45) is 2.38. The van der Waals surface area contributed by atoms with Crippen LogP contribution in [-0.2, 0) is 14.6 Å². The van der Waals surface area contributed by atoms with Gasteiger partial charge in [-0.2, -0.15) is 0 Å². The van der Waals surface area contributed by atoms with E-state index in [2.05, 4.69) is 6.92 Å². The summed E-state index contributed by atoms with van der Waals surface area (Å²) in [6, 6.07) is 0. The number of hydrogen-bond donors (Lipinski definition) is 1. The first-order chi connectivity index (χ1) is 7.05. The first kappa shape index (κ1) is 14.9. The Morgan fingerprint density at radius 2 is 1.93 bits per heavy atom. The molecule has 0 aliphatic carbocycles. The highest BCUT2D eigenvalue weighted by molar-refractivity contribution is 7.91. The van der Waals surface area contributed by atoms with Crippen LogP contribution in [0.3, 0.4) is 0 Å². The lowest BCUT2D eigenvalue weighted by molar-refractivity contribution is 0.0846. The van der Waals surface area contributed by atoms with Gasteiger partial charge in [0.15, 0.2) is 9.84 Å². The second-order valence-electron chi connectivity index (χ2n) is 3.63. The van der Waals surface area contributed by atoms with Crippen molar-refractivity contribution >= 4 is 9.84 Å². The monoisotopic (exact) mass is 237 g/mol. The highest BCUT2D eigenvalue weighted by Gasteiger charge is 2.17. The van der Waals surface area contributed by atoms with Gasteiger partial charge in [0.05, 0.1) is 17.6 Å². The summed E-state index contributed by atoms with van der Waals surface area (Å²) in [5.41, 5.74) is 5.43. The predicted octanol–water partition coefficient (Wildman–Crippen LogP) is 0.955. The summed E-state index contributed by atoms with van der Waals surface area (Å²) in [4.78, 5) is 0. The van der Waals surface area contributed by atoms with Gasteiger partial charge in [0.25, 0.3) is 0 Å². The van der Waals surface area contributed by atoms with Gasteiger partial charge in [-0.05, 0) is 13.3 Å². The summed E-state index contributed by atoms with van der Waals surface area (Å²) in [5.74, 6) is 0.311. The van der Waals surface area contributed by atoms with E-state index in [1.54, 1.807) is 0 Å². The molecule has 0 aromatic rings. The Morgan fingerprint density at radius 3 is 2.40 bits per heavy atom. The summed E-state index contributed by atoms with van der Waals surface area (Å²) < 4.78 is 28.5. The van der Waals surface area contributed by atoms with Crippen molar-refractivity contribution in [2.24, 2.45) is 5.73 Å². The molecule has 0 amide bonds. The molecule has 0 spiro atoms. The fourth-order valence-electron chi connectivity index (χ4n) is 1.36. The highest BCUT2D eigenvalue weighted by atomic mass is 32.2. The third-order valence-electron chi connectivity index (χ3n) is 2.16. The van der Waals surface area contributed by atoms with Gasteiger partial charge in [-0.3, -0.25) is 0 Å². The first-order valence-electron chi connectivity index (χ1n) is 5.57. The lowest BCUT2D eigenvalue weighted by Gasteiger charge is -2.14. The van der Waals surface area contributed by atoms with Gasteiger partial charge in [0.2, 0.25) is 0 Å². The van der Waals surface area contributed by atoms with E-state index in [1.807, 2.05) is 6.92 Å². The molecule has 0 rings (SSSR count). The van der Waals surface area contributed by atoms with Crippen molar-refractivity contribution in [3.63, 3.8) is 0 Å². The van der Waals surface area contributed by atoms with E-state index in [9.17, 15) is 8.42 Å². The molecule has 0 aliphatic rings. The standard InChI is InChI=1S/C10H23NO3S/c1-3-5-6-7-15(12,13)9-10(8-11)14-4-2/h10H,3-9,11H2,1-2H3. The van der Waals surface area contributed by atoms with Crippen LogP contribution < -0.4 is 5.73 Å². The molecule has 0 aromatic heterocycles. The summed E-state index contributed by atoms with van der Waals surface area (Å²) in [7, 11) is -2.99. The van der Waals surface area contributed by atoms with E-state index in [4.69, 9.17) is 10.5 Å². The van der Waals surface area contributed by atoms with Crippen molar-refractivity contribution < 1.29 is 13.2 Å². The van der Waals surface area contributed by atoms with Gasteiger partial charge in [0.1, 0.15) is 0 Å². The maximum Gasteiger partial charge on any atom is 0.152 e. The van der Waals surface area contributed by atoms with Crippen LogP contribution in [0.4, 0.5) is 0 Å². The summed E-state index contributed by atoms with van der Waals surface area (Å²) in [5, 5.41) is 0. The normalized spacial score (nSPS) is 14.1. The molecule has 15 heavy (non-hydrogen) atoms. The van der Waals surface area contributed by atoms with Crippen LogP contribution in [0.25, 0.3) is 0 Å². The quantitative estimate of drug-likeness (QED) is 0.606. The van der Waals surface area contributed by atoms with Gasteiger partial charge >= 0.3 is 0 Å². The Balaban J connectivity index is 3.99. The van der Waals surface area contributed by atoms with E-state index in [-0.39, 0.29) is 24.2 Å². The first-order valence-corrected chi connectivity index (χ1v) is 7.40. The fourth-order valence-corrected chi connectivity index (χ4v) is 2.97. The third kappa shape index (κ3) is 7.76. The Labute approximate surface area is 93.1 Å². The second kappa shape index (κ2) is 8.07.